The molecule has 2 aliphatic heterocycles. The van der Waals surface area contributed by atoms with Crippen LogP contribution in [0.5, 0.6) is 0 Å². The lowest BCUT2D eigenvalue weighted by Gasteiger charge is -2.35. The Kier molecular flexibility index (Phi) is 6.38. The standard InChI is InChI=1S/C23H27N3O4S/c27-22-12-15-31(29,30)26(22)20-11-7-10-19(16-20)23(28)24-17-21(18-8-3-1-4-9-18)25-13-5-2-6-14-25/h1,3-4,7-11,16,21H,2,5-6,12-15,17H2,(H,24,28). The summed E-state index contributed by atoms with van der Waals surface area (Å²) in [5, 5.41) is 3.01. The molecule has 0 saturated carbocycles. The van der Waals surface area contributed by atoms with Gasteiger partial charge in [0, 0.05) is 18.5 Å². The first-order valence-corrected chi connectivity index (χ1v) is 12.3. The van der Waals surface area contributed by atoms with Crippen LogP contribution in [-0.2, 0) is 14.8 Å². The number of rotatable bonds is 6. The smallest absolute Gasteiger partial charge is 0.251 e. The van der Waals surface area contributed by atoms with Gasteiger partial charge in [-0.3, -0.25) is 14.5 Å². The minimum absolute atomic E-state index is 0.0344. The van der Waals surface area contributed by atoms with Gasteiger partial charge in [-0.25, -0.2) is 12.7 Å². The van der Waals surface area contributed by atoms with Crippen LogP contribution >= 0.6 is 0 Å². The van der Waals surface area contributed by atoms with Gasteiger partial charge in [-0.1, -0.05) is 42.8 Å². The fraction of sp³-hybridized carbons (Fsp3) is 0.391. The molecule has 2 aromatic rings. The summed E-state index contributed by atoms with van der Waals surface area (Å²) in [7, 11) is -3.66. The first-order valence-electron chi connectivity index (χ1n) is 10.7. The van der Waals surface area contributed by atoms with E-state index >= 15 is 0 Å². The van der Waals surface area contributed by atoms with Crippen LogP contribution in [0.25, 0.3) is 0 Å². The summed E-state index contributed by atoms with van der Waals surface area (Å²) in [6.45, 7) is 2.45. The molecule has 1 unspecified atom stereocenters. The van der Waals surface area contributed by atoms with Crippen molar-refractivity contribution < 1.29 is 18.0 Å². The summed E-state index contributed by atoms with van der Waals surface area (Å²) in [5.41, 5.74) is 1.70. The number of anilines is 1. The van der Waals surface area contributed by atoms with Crippen molar-refractivity contribution in [1.82, 2.24) is 10.2 Å². The molecule has 1 atom stereocenters. The molecule has 2 saturated heterocycles. The van der Waals surface area contributed by atoms with Gasteiger partial charge in [0.25, 0.3) is 5.91 Å². The number of likely N-dealkylation sites (tertiary alicyclic amines) is 1. The zero-order valence-corrected chi connectivity index (χ0v) is 18.2. The third kappa shape index (κ3) is 4.80. The maximum atomic E-state index is 12.9. The molecule has 0 radical (unpaired) electrons. The van der Waals surface area contributed by atoms with Crippen LogP contribution in [0.15, 0.2) is 54.6 Å². The molecular weight excluding hydrogens is 414 g/mol. The molecule has 2 amide bonds. The summed E-state index contributed by atoms with van der Waals surface area (Å²) in [6.07, 6.45) is 3.50. The number of hydrogen-bond acceptors (Lipinski definition) is 5. The molecule has 2 fully saturated rings. The predicted octanol–water partition coefficient (Wildman–Crippen LogP) is 2.71. The van der Waals surface area contributed by atoms with Gasteiger partial charge in [0.15, 0.2) is 0 Å². The largest absolute Gasteiger partial charge is 0.350 e. The van der Waals surface area contributed by atoms with E-state index in [1.54, 1.807) is 12.1 Å². The van der Waals surface area contributed by atoms with E-state index < -0.39 is 15.9 Å². The highest BCUT2D eigenvalue weighted by molar-refractivity contribution is 7.94. The highest BCUT2D eigenvalue weighted by atomic mass is 32.2. The number of nitrogens with one attached hydrogen (secondary N) is 1. The van der Waals surface area contributed by atoms with Gasteiger partial charge in [-0.15, -0.1) is 0 Å². The van der Waals surface area contributed by atoms with Crippen molar-refractivity contribution in [1.29, 1.82) is 0 Å². The van der Waals surface area contributed by atoms with Crippen molar-refractivity contribution in [3.63, 3.8) is 0 Å². The number of carbonyl (C=O) groups is 2. The van der Waals surface area contributed by atoms with E-state index in [0.717, 1.165) is 35.8 Å². The van der Waals surface area contributed by atoms with Gasteiger partial charge < -0.3 is 5.32 Å². The molecule has 7 nitrogen and oxygen atoms in total. The second-order valence-corrected chi connectivity index (χ2v) is 9.94. The second kappa shape index (κ2) is 9.20. The molecule has 164 valence electrons. The maximum Gasteiger partial charge on any atom is 0.251 e. The Morgan fingerprint density at radius 2 is 1.74 bits per heavy atom. The van der Waals surface area contributed by atoms with Crippen LogP contribution in [0, 0.1) is 0 Å². The quantitative estimate of drug-likeness (QED) is 0.745. The molecule has 0 aliphatic carbocycles. The van der Waals surface area contributed by atoms with Gasteiger partial charge in [-0.05, 0) is 49.7 Å². The molecule has 2 heterocycles. The lowest BCUT2D eigenvalue weighted by molar-refractivity contribution is -0.116. The minimum atomic E-state index is -3.66. The molecule has 2 aliphatic rings. The highest BCUT2D eigenvalue weighted by Crippen LogP contribution is 2.27. The van der Waals surface area contributed by atoms with E-state index in [1.807, 2.05) is 18.2 Å². The van der Waals surface area contributed by atoms with E-state index in [4.69, 9.17) is 0 Å². The lowest BCUT2D eigenvalue weighted by atomic mass is 10.0. The Morgan fingerprint density at radius 3 is 2.42 bits per heavy atom. The van der Waals surface area contributed by atoms with Crippen molar-refractivity contribution in [3.05, 3.63) is 65.7 Å². The summed E-state index contributed by atoms with van der Waals surface area (Å²) < 4.78 is 25.2. The van der Waals surface area contributed by atoms with Gasteiger partial charge in [-0.2, -0.15) is 0 Å². The summed E-state index contributed by atoms with van der Waals surface area (Å²) in [4.78, 5) is 27.4. The topological polar surface area (TPSA) is 86.8 Å². The first-order chi connectivity index (χ1) is 15.0. The van der Waals surface area contributed by atoms with E-state index in [2.05, 4.69) is 22.3 Å². The molecule has 4 rings (SSSR count). The Hall–Kier alpha value is -2.71. The number of nitrogens with zero attached hydrogens (tertiary/aromatic N) is 2. The van der Waals surface area contributed by atoms with E-state index in [0.29, 0.717) is 12.1 Å². The normalized spacial score (nSPS) is 19.9. The van der Waals surface area contributed by atoms with E-state index in [9.17, 15) is 18.0 Å². The molecule has 0 bridgehead atoms. The number of carbonyl (C=O) groups excluding carboxylic acids is 2. The Balaban J connectivity index is 1.50. The summed E-state index contributed by atoms with van der Waals surface area (Å²) in [5.74, 6) is -0.952. The third-order valence-electron chi connectivity index (χ3n) is 5.89. The zero-order valence-electron chi connectivity index (χ0n) is 17.4. The van der Waals surface area contributed by atoms with Crippen LogP contribution in [-0.4, -0.2) is 50.5 Å². The van der Waals surface area contributed by atoms with Crippen molar-refractivity contribution >= 4 is 27.5 Å². The van der Waals surface area contributed by atoms with Gasteiger partial charge >= 0.3 is 0 Å². The second-order valence-electron chi connectivity index (χ2n) is 8.01. The maximum absolute atomic E-state index is 12.9. The van der Waals surface area contributed by atoms with Crippen LogP contribution < -0.4 is 9.62 Å². The van der Waals surface area contributed by atoms with Gasteiger partial charge in [0.2, 0.25) is 15.9 Å². The van der Waals surface area contributed by atoms with Gasteiger partial charge in [0.05, 0.1) is 17.5 Å². The van der Waals surface area contributed by atoms with Crippen LogP contribution in [0.3, 0.4) is 0 Å². The lowest BCUT2D eigenvalue weighted by Crippen LogP contribution is -2.40. The fourth-order valence-corrected chi connectivity index (χ4v) is 5.75. The highest BCUT2D eigenvalue weighted by Gasteiger charge is 2.36. The Labute approximate surface area is 183 Å². The fourth-order valence-electron chi connectivity index (χ4n) is 4.30. The molecule has 0 aromatic heterocycles. The Bertz CT molecular complexity index is 1050. The molecule has 2 aromatic carbocycles. The SMILES string of the molecule is O=C(NCC(c1ccccc1)N1CCCCC1)c1cccc(N2C(=O)CCS2(=O)=O)c1. The monoisotopic (exact) mass is 441 g/mol. The van der Waals surface area contributed by atoms with E-state index in [1.165, 1.54) is 18.6 Å². The molecular formula is C23H27N3O4S. The van der Waals surface area contributed by atoms with Gasteiger partial charge in [0.1, 0.15) is 0 Å². The van der Waals surface area contributed by atoms with Crippen molar-refractivity contribution in [3.8, 4) is 0 Å². The van der Waals surface area contributed by atoms with Crippen LogP contribution in [0.2, 0.25) is 0 Å². The third-order valence-corrected chi connectivity index (χ3v) is 7.58. The summed E-state index contributed by atoms with van der Waals surface area (Å²) >= 11 is 0. The molecule has 31 heavy (non-hydrogen) atoms. The van der Waals surface area contributed by atoms with Crippen LogP contribution in [0.4, 0.5) is 5.69 Å². The number of piperidine rings is 1. The molecule has 0 spiro atoms. The molecule has 1 N–H and O–H groups in total. The average Bonchev–Trinajstić information content (AvgIpc) is 3.07. The number of benzene rings is 2. The van der Waals surface area contributed by atoms with Crippen molar-refractivity contribution in [2.24, 2.45) is 0 Å². The van der Waals surface area contributed by atoms with Crippen molar-refractivity contribution in [2.45, 2.75) is 31.7 Å². The number of sulfonamides is 1. The van der Waals surface area contributed by atoms with E-state index in [-0.39, 0.29) is 29.8 Å². The minimum Gasteiger partial charge on any atom is -0.350 e. The zero-order chi connectivity index (χ0) is 21.8. The summed E-state index contributed by atoms with van der Waals surface area (Å²) in [6, 6.07) is 16.5. The Morgan fingerprint density at radius 1 is 1.00 bits per heavy atom. The number of amides is 2. The molecule has 8 heteroatoms. The predicted molar refractivity (Wildman–Crippen MR) is 119 cm³/mol. The average molecular weight is 442 g/mol. The first kappa shape index (κ1) is 21.5. The number of hydrogen-bond donors (Lipinski definition) is 1. The van der Waals surface area contributed by atoms with Crippen LogP contribution in [0.1, 0.15) is 47.6 Å². The van der Waals surface area contributed by atoms with Crippen molar-refractivity contribution in [2.75, 3.05) is 29.7 Å².